The Balaban J connectivity index is 1.78. The van der Waals surface area contributed by atoms with Gasteiger partial charge in [0, 0.05) is 25.1 Å². The van der Waals surface area contributed by atoms with Gasteiger partial charge in [0.25, 0.3) is 0 Å². The fourth-order valence-corrected chi connectivity index (χ4v) is 2.50. The van der Waals surface area contributed by atoms with Crippen LogP contribution in [-0.2, 0) is 10.2 Å². The molecule has 0 radical (unpaired) electrons. The van der Waals surface area contributed by atoms with Crippen LogP contribution in [0.3, 0.4) is 0 Å². The van der Waals surface area contributed by atoms with Gasteiger partial charge in [-0.1, -0.05) is 37.3 Å². The lowest BCUT2D eigenvalue weighted by Crippen LogP contribution is -2.41. The first-order chi connectivity index (χ1) is 9.64. The zero-order valence-corrected chi connectivity index (χ0v) is 12.7. The molecule has 3 heteroatoms. The van der Waals surface area contributed by atoms with Crippen molar-refractivity contribution in [2.45, 2.75) is 25.2 Å². The number of hydrogen-bond acceptors (Lipinski definition) is 3. The van der Waals surface area contributed by atoms with Gasteiger partial charge in [0.2, 0.25) is 0 Å². The van der Waals surface area contributed by atoms with E-state index in [0.29, 0.717) is 0 Å². The minimum atomic E-state index is -0.216. The summed E-state index contributed by atoms with van der Waals surface area (Å²) < 4.78 is 5.68. The van der Waals surface area contributed by atoms with Gasteiger partial charge in [-0.25, -0.2) is 0 Å². The summed E-state index contributed by atoms with van der Waals surface area (Å²) in [6.45, 7) is 5.72. The van der Waals surface area contributed by atoms with E-state index in [-0.39, 0.29) is 12.0 Å². The molecule has 1 aromatic carbocycles. The molecule has 1 N–H and O–H groups in total. The van der Waals surface area contributed by atoms with Crippen molar-refractivity contribution >= 4 is 0 Å². The van der Waals surface area contributed by atoms with Gasteiger partial charge >= 0.3 is 0 Å². The first-order valence-corrected chi connectivity index (χ1v) is 7.57. The van der Waals surface area contributed by atoms with Crippen LogP contribution in [-0.4, -0.2) is 50.0 Å². The van der Waals surface area contributed by atoms with Crippen molar-refractivity contribution in [2.75, 3.05) is 40.0 Å². The minimum absolute atomic E-state index is 0.157. The highest BCUT2D eigenvalue weighted by molar-refractivity contribution is 5.25. The molecule has 0 aromatic heterocycles. The molecule has 0 heterocycles. The van der Waals surface area contributed by atoms with Crippen LogP contribution in [0.25, 0.3) is 0 Å². The number of nitrogens with zero attached hydrogens (tertiary/aromatic N) is 1. The summed E-state index contributed by atoms with van der Waals surface area (Å²) in [4.78, 5) is 2.25. The highest BCUT2D eigenvalue weighted by atomic mass is 16.5. The SMILES string of the molecule is CN(CCOCC1CC1)CC(C)(CO)c1ccccc1. The highest BCUT2D eigenvalue weighted by Crippen LogP contribution is 2.28. The molecule has 0 aliphatic heterocycles. The van der Waals surface area contributed by atoms with Gasteiger partial charge in [-0.05, 0) is 31.4 Å². The van der Waals surface area contributed by atoms with Gasteiger partial charge in [0.15, 0.2) is 0 Å². The van der Waals surface area contributed by atoms with E-state index in [1.54, 1.807) is 0 Å². The van der Waals surface area contributed by atoms with Gasteiger partial charge in [0.05, 0.1) is 13.2 Å². The summed E-state index contributed by atoms with van der Waals surface area (Å²) >= 11 is 0. The third-order valence-electron chi connectivity index (χ3n) is 4.11. The van der Waals surface area contributed by atoms with Crippen molar-refractivity contribution in [1.82, 2.24) is 4.90 Å². The molecule has 0 saturated heterocycles. The fourth-order valence-electron chi connectivity index (χ4n) is 2.50. The average molecular weight is 277 g/mol. The normalized spacial score (nSPS) is 18.2. The third-order valence-corrected chi connectivity index (χ3v) is 4.11. The number of benzene rings is 1. The molecule has 1 unspecified atom stereocenters. The zero-order chi connectivity index (χ0) is 14.4. The van der Waals surface area contributed by atoms with Crippen molar-refractivity contribution in [3.8, 4) is 0 Å². The quantitative estimate of drug-likeness (QED) is 0.703. The van der Waals surface area contributed by atoms with E-state index < -0.39 is 0 Å². The van der Waals surface area contributed by atoms with Gasteiger partial charge in [-0.15, -0.1) is 0 Å². The van der Waals surface area contributed by atoms with E-state index in [9.17, 15) is 5.11 Å². The molecule has 1 aliphatic carbocycles. The Labute approximate surface area is 122 Å². The first-order valence-electron chi connectivity index (χ1n) is 7.57. The molecule has 112 valence electrons. The van der Waals surface area contributed by atoms with E-state index >= 15 is 0 Å². The van der Waals surface area contributed by atoms with Crippen LogP contribution in [0, 0.1) is 5.92 Å². The van der Waals surface area contributed by atoms with Crippen molar-refractivity contribution in [1.29, 1.82) is 0 Å². The van der Waals surface area contributed by atoms with Crippen molar-refractivity contribution in [3.05, 3.63) is 35.9 Å². The number of hydrogen-bond donors (Lipinski definition) is 1. The number of rotatable bonds is 9. The van der Waals surface area contributed by atoms with Crippen molar-refractivity contribution in [3.63, 3.8) is 0 Å². The Morgan fingerprint density at radius 3 is 2.60 bits per heavy atom. The molecule has 0 amide bonds. The number of aliphatic hydroxyl groups is 1. The second-order valence-corrected chi connectivity index (χ2v) is 6.34. The Morgan fingerprint density at radius 2 is 2.00 bits per heavy atom. The van der Waals surface area contributed by atoms with Crippen LogP contribution in [0.2, 0.25) is 0 Å². The summed E-state index contributed by atoms with van der Waals surface area (Å²) in [5, 5.41) is 9.78. The highest BCUT2D eigenvalue weighted by Gasteiger charge is 2.27. The number of aliphatic hydroxyl groups excluding tert-OH is 1. The molecular formula is C17H27NO2. The lowest BCUT2D eigenvalue weighted by Gasteiger charge is -2.32. The summed E-state index contributed by atoms with van der Waals surface area (Å²) in [6.07, 6.45) is 2.68. The molecule has 1 aliphatic rings. The van der Waals surface area contributed by atoms with Gasteiger partial charge in [-0.3, -0.25) is 0 Å². The Bertz CT molecular complexity index is 391. The monoisotopic (exact) mass is 277 g/mol. The largest absolute Gasteiger partial charge is 0.395 e. The predicted molar refractivity (Wildman–Crippen MR) is 81.9 cm³/mol. The second kappa shape index (κ2) is 7.21. The lowest BCUT2D eigenvalue weighted by atomic mass is 9.83. The topological polar surface area (TPSA) is 32.7 Å². The smallest absolute Gasteiger partial charge is 0.0593 e. The maximum atomic E-state index is 9.78. The number of likely N-dealkylation sites (N-methyl/N-ethyl adjacent to an activating group) is 1. The zero-order valence-electron chi connectivity index (χ0n) is 12.7. The molecule has 20 heavy (non-hydrogen) atoms. The molecular weight excluding hydrogens is 250 g/mol. The van der Waals surface area contributed by atoms with Crippen LogP contribution in [0.5, 0.6) is 0 Å². The maximum Gasteiger partial charge on any atom is 0.0593 e. The summed E-state index contributed by atoms with van der Waals surface area (Å²) in [7, 11) is 2.09. The summed E-state index contributed by atoms with van der Waals surface area (Å²) in [5.41, 5.74) is 0.972. The molecule has 0 spiro atoms. The molecule has 1 saturated carbocycles. The Kier molecular flexibility index (Phi) is 5.58. The minimum Gasteiger partial charge on any atom is -0.395 e. The first kappa shape index (κ1) is 15.5. The molecule has 1 atom stereocenters. The standard InChI is InChI=1S/C17H27NO2/c1-17(14-19,16-6-4-3-5-7-16)13-18(2)10-11-20-12-15-8-9-15/h3-7,15,19H,8-14H2,1-2H3. The van der Waals surface area contributed by atoms with Crippen LogP contribution in [0.15, 0.2) is 30.3 Å². The van der Waals surface area contributed by atoms with E-state index in [2.05, 4.69) is 31.0 Å². The fraction of sp³-hybridized carbons (Fsp3) is 0.647. The molecule has 0 bridgehead atoms. The van der Waals surface area contributed by atoms with Gasteiger partial charge in [0.1, 0.15) is 0 Å². The summed E-state index contributed by atoms with van der Waals surface area (Å²) in [6, 6.07) is 10.3. The third kappa shape index (κ3) is 4.58. The number of ether oxygens (including phenoxy) is 1. The predicted octanol–water partition coefficient (Wildman–Crippen LogP) is 2.29. The van der Waals surface area contributed by atoms with Crippen molar-refractivity contribution in [2.24, 2.45) is 5.92 Å². The summed E-state index contributed by atoms with van der Waals surface area (Å²) in [5.74, 6) is 0.826. The van der Waals surface area contributed by atoms with E-state index in [1.807, 2.05) is 18.2 Å². The van der Waals surface area contributed by atoms with E-state index in [4.69, 9.17) is 4.74 Å². The molecule has 1 aromatic rings. The van der Waals surface area contributed by atoms with Crippen LogP contribution >= 0.6 is 0 Å². The maximum absolute atomic E-state index is 9.78. The van der Waals surface area contributed by atoms with Gasteiger partial charge < -0.3 is 14.7 Å². The molecule has 3 nitrogen and oxygen atoms in total. The van der Waals surface area contributed by atoms with Crippen LogP contribution in [0.4, 0.5) is 0 Å². The average Bonchev–Trinajstić information content (AvgIpc) is 3.28. The molecule has 1 fully saturated rings. The van der Waals surface area contributed by atoms with Gasteiger partial charge in [-0.2, -0.15) is 0 Å². The second-order valence-electron chi connectivity index (χ2n) is 6.34. The van der Waals surface area contributed by atoms with E-state index in [0.717, 1.165) is 32.2 Å². The van der Waals surface area contributed by atoms with Crippen molar-refractivity contribution < 1.29 is 9.84 Å². The Morgan fingerprint density at radius 1 is 1.30 bits per heavy atom. The van der Waals surface area contributed by atoms with Crippen LogP contribution in [0.1, 0.15) is 25.3 Å². The van der Waals surface area contributed by atoms with Crippen LogP contribution < -0.4 is 0 Å². The lowest BCUT2D eigenvalue weighted by molar-refractivity contribution is 0.0894. The Hall–Kier alpha value is -0.900. The van der Waals surface area contributed by atoms with E-state index in [1.165, 1.54) is 18.4 Å². The molecule has 2 rings (SSSR count).